The molecule has 0 spiro atoms. The number of anilines is 1. The first-order valence-corrected chi connectivity index (χ1v) is 6.57. The molecule has 1 amide bonds. The van der Waals surface area contributed by atoms with E-state index in [1.807, 2.05) is 32.9 Å². The molecule has 0 saturated carbocycles. The summed E-state index contributed by atoms with van der Waals surface area (Å²) >= 11 is 0. The summed E-state index contributed by atoms with van der Waals surface area (Å²) in [5.74, 6) is -0.983. The maximum atomic E-state index is 12.4. The number of hydrogen-bond acceptors (Lipinski definition) is 3. The number of nitrogen functional groups attached to an aromatic ring is 1. The summed E-state index contributed by atoms with van der Waals surface area (Å²) in [5.41, 5.74) is 6.73. The topological polar surface area (TPSA) is 83.6 Å². The number of rotatable bonds is 5. The first kappa shape index (κ1) is 16.0. The highest BCUT2D eigenvalue weighted by Gasteiger charge is 2.26. The molecule has 20 heavy (non-hydrogen) atoms. The lowest BCUT2D eigenvalue weighted by Crippen LogP contribution is -2.47. The number of hydrogen-bond donors (Lipinski definition) is 2. The summed E-state index contributed by atoms with van der Waals surface area (Å²) in [6.07, 6.45) is 0.196. The second-order valence-corrected chi connectivity index (χ2v) is 5.78. The Bertz CT molecular complexity index is 475. The number of nitrogens with zero attached hydrogens (tertiary/aromatic N) is 1. The van der Waals surface area contributed by atoms with Gasteiger partial charge in [0.2, 0.25) is 5.91 Å². The highest BCUT2D eigenvalue weighted by Crippen LogP contribution is 2.16. The van der Waals surface area contributed by atoms with E-state index < -0.39 is 11.5 Å². The van der Waals surface area contributed by atoms with Crippen molar-refractivity contribution in [2.75, 3.05) is 12.3 Å². The Morgan fingerprint density at radius 2 is 1.75 bits per heavy atom. The van der Waals surface area contributed by atoms with E-state index in [1.54, 1.807) is 17.0 Å². The van der Waals surface area contributed by atoms with Crippen LogP contribution in [0.25, 0.3) is 0 Å². The Morgan fingerprint density at radius 3 is 2.20 bits per heavy atom. The van der Waals surface area contributed by atoms with Crippen LogP contribution in [-0.4, -0.2) is 34.0 Å². The average Bonchev–Trinajstić information content (AvgIpc) is 2.30. The molecule has 0 saturated heterocycles. The molecule has 0 aliphatic rings. The Labute approximate surface area is 119 Å². The van der Waals surface area contributed by atoms with Crippen molar-refractivity contribution < 1.29 is 14.7 Å². The molecule has 5 heteroatoms. The van der Waals surface area contributed by atoms with Crippen LogP contribution in [0, 0.1) is 0 Å². The van der Waals surface area contributed by atoms with Crippen molar-refractivity contribution >= 4 is 17.6 Å². The third-order valence-electron chi connectivity index (χ3n) is 3.00. The number of carboxylic acid groups (broad SMARTS) is 1. The molecule has 3 N–H and O–H groups in total. The van der Waals surface area contributed by atoms with Gasteiger partial charge in [0.25, 0.3) is 0 Å². The van der Waals surface area contributed by atoms with Crippen LogP contribution in [0.15, 0.2) is 24.3 Å². The lowest BCUT2D eigenvalue weighted by molar-refractivity contribution is -0.140. The van der Waals surface area contributed by atoms with Gasteiger partial charge in [-0.25, -0.2) is 0 Å². The zero-order valence-corrected chi connectivity index (χ0v) is 12.2. The normalized spacial score (nSPS) is 11.2. The predicted molar refractivity (Wildman–Crippen MR) is 78.3 cm³/mol. The van der Waals surface area contributed by atoms with Gasteiger partial charge in [0.05, 0.1) is 12.8 Å². The fourth-order valence-corrected chi connectivity index (χ4v) is 1.95. The van der Waals surface area contributed by atoms with E-state index in [4.69, 9.17) is 10.8 Å². The zero-order valence-electron chi connectivity index (χ0n) is 12.2. The number of carbonyl (C=O) groups is 2. The molecule has 0 aliphatic carbocycles. The number of amides is 1. The highest BCUT2D eigenvalue weighted by molar-refractivity contribution is 5.80. The number of benzene rings is 1. The molecule has 0 unspecified atom stereocenters. The molecule has 0 heterocycles. The summed E-state index contributed by atoms with van der Waals surface area (Å²) in [7, 11) is 0. The summed E-state index contributed by atoms with van der Waals surface area (Å²) in [6.45, 7) is 5.91. The fraction of sp³-hybridized carbons (Fsp3) is 0.467. The van der Waals surface area contributed by atoms with Crippen LogP contribution < -0.4 is 5.73 Å². The van der Waals surface area contributed by atoms with Crippen LogP contribution in [0.1, 0.15) is 32.8 Å². The average molecular weight is 278 g/mol. The van der Waals surface area contributed by atoms with Gasteiger partial charge in [0.1, 0.15) is 0 Å². The van der Waals surface area contributed by atoms with Gasteiger partial charge in [0, 0.05) is 17.8 Å². The van der Waals surface area contributed by atoms with Gasteiger partial charge < -0.3 is 15.7 Å². The minimum absolute atomic E-state index is 0.0508. The Kier molecular flexibility index (Phi) is 5.13. The van der Waals surface area contributed by atoms with E-state index in [9.17, 15) is 9.59 Å². The largest absolute Gasteiger partial charge is 0.481 e. The van der Waals surface area contributed by atoms with Crippen LogP contribution in [-0.2, 0) is 16.0 Å². The second kappa shape index (κ2) is 6.41. The van der Waals surface area contributed by atoms with Gasteiger partial charge in [-0.05, 0) is 38.5 Å². The summed E-state index contributed by atoms with van der Waals surface area (Å²) in [6, 6.07) is 7.12. The molecule has 0 aromatic heterocycles. The molecule has 5 nitrogen and oxygen atoms in total. The number of nitrogens with two attached hydrogens (primary N) is 1. The van der Waals surface area contributed by atoms with Crippen molar-refractivity contribution in [3.8, 4) is 0 Å². The van der Waals surface area contributed by atoms with E-state index in [2.05, 4.69) is 0 Å². The van der Waals surface area contributed by atoms with Crippen molar-refractivity contribution in [3.05, 3.63) is 29.8 Å². The lowest BCUT2D eigenvalue weighted by atomic mass is 10.0. The lowest BCUT2D eigenvalue weighted by Gasteiger charge is -2.35. The van der Waals surface area contributed by atoms with E-state index in [-0.39, 0.29) is 25.3 Å². The van der Waals surface area contributed by atoms with Gasteiger partial charge in [-0.15, -0.1) is 0 Å². The van der Waals surface area contributed by atoms with E-state index >= 15 is 0 Å². The minimum atomic E-state index is -0.903. The second-order valence-electron chi connectivity index (χ2n) is 5.78. The maximum absolute atomic E-state index is 12.4. The highest BCUT2D eigenvalue weighted by atomic mass is 16.4. The molecule has 0 fully saturated rings. The Balaban J connectivity index is 2.77. The maximum Gasteiger partial charge on any atom is 0.305 e. The summed E-state index contributed by atoms with van der Waals surface area (Å²) < 4.78 is 0. The van der Waals surface area contributed by atoms with E-state index in [0.29, 0.717) is 5.69 Å². The van der Waals surface area contributed by atoms with Gasteiger partial charge in [0.15, 0.2) is 0 Å². The minimum Gasteiger partial charge on any atom is -0.481 e. The van der Waals surface area contributed by atoms with Crippen LogP contribution in [0.2, 0.25) is 0 Å². The Morgan fingerprint density at radius 1 is 1.20 bits per heavy atom. The third-order valence-corrected chi connectivity index (χ3v) is 3.00. The smallest absolute Gasteiger partial charge is 0.305 e. The van der Waals surface area contributed by atoms with Gasteiger partial charge in [-0.1, -0.05) is 12.1 Å². The zero-order chi connectivity index (χ0) is 15.3. The summed E-state index contributed by atoms with van der Waals surface area (Å²) in [5, 5.41) is 8.78. The molecule has 0 bridgehead atoms. The molecule has 0 atom stereocenters. The van der Waals surface area contributed by atoms with Crippen molar-refractivity contribution in [1.82, 2.24) is 4.90 Å². The van der Waals surface area contributed by atoms with Crippen LogP contribution in [0.4, 0.5) is 5.69 Å². The van der Waals surface area contributed by atoms with Gasteiger partial charge >= 0.3 is 5.97 Å². The van der Waals surface area contributed by atoms with Gasteiger partial charge in [-0.2, -0.15) is 0 Å². The number of carbonyl (C=O) groups excluding carboxylic acids is 1. The molecule has 1 rings (SSSR count). The van der Waals surface area contributed by atoms with Crippen molar-refractivity contribution in [2.24, 2.45) is 0 Å². The van der Waals surface area contributed by atoms with Crippen LogP contribution in [0.3, 0.4) is 0 Å². The summed E-state index contributed by atoms with van der Waals surface area (Å²) in [4.78, 5) is 24.7. The molecular weight excluding hydrogens is 256 g/mol. The number of aliphatic carboxylic acids is 1. The van der Waals surface area contributed by atoms with Crippen molar-refractivity contribution in [1.29, 1.82) is 0 Å². The molecule has 1 aromatic rings. The SMILES string of the molecule is CC(C)(C)N(CCC(=O)O)C(=O)Cc1ccc(N)cc1. The molecule has 1 aromatic carbocycles. The molecule has 0 radical (unpaired) electrons. The standard InChI is InChI=1S/C15H22N2O3/c1-15(2,3)17(9-8-14(19)20)13(18)10-11-4-6-12(16)7-5-11/h4-7H,8-10,16H2,1-3H3,(H,19,20). The van der Waals surface area contributed by atoms with Crippen LogP contribution >= 0.6 is 0 Å². The quantitative estimate of drug-likeness (QED) is 0.806. The molecular formula is C15H22N2O3. The molecule has 0 aliphatic heterocycles. The predicted octanol–water partition coefficient (Wildman–Crippen LogP) is 1.91. The monoisotopic (exact) mass is 278 g/mol. The van der Waals surface area contributed by atoms with Crippen molar-refractivity contribution in [3.63, 3.8) is 0 Å². The van der Waals surface area contributed by atoms with Crippen LogP contribution in [0.5, 0.6) is 0 Å². The fourth-order valence-electron chi connectivity index (χ4n) is 1.95. The first-order valence-electron chi connectivity index (χ1n) is 6.57. The van der Waals surface area contributed by atoms with E-state index in [1.165, 1.54) is 0 Å². The molecule has 110 valence electrons. The van der Waals surface area contributed by atoms with Gasteiger partial charge in [-0.3, -0.25) is 9.59 Å². The Hall–Kier alpha value is -2.04. The van der Waals surface area contributed by atoms with E-state index in [0.717, 1.165) is 5.56 Å². The first-order chi connectivity index (χ1) is 9.20. The number of carboxylic acids is 1. The third kappa shape index (κ3) is 4.91. The van der Waals surface area contributed by atoms with Crippen molar-refractivity contribution in [2.45, 2.75) is 39.2 Å².